The summed E-state index contributed by atoms with van der Waals surface area (Å²) in [4.78, 5) is 35.7. The van der Waals surface area contributed by atoms with Crippen LogP contribution in [0.3, 0.4) is 0 Å². The van der Waals surface area contributed by atoms with Crippen molar-refractivity contribution in [2.24, 2.45) is 5.73 Å². The fourth-order valence-electron chi connectivity index (χ4n) is 2.07. The summed E-state index contributed by atoms with van der Waals surface area (Å²) in [6.07, 6.45) is 0. The van der Waals surface area contributed by atoms with Crippen LogP contribution in [-0.4, -0.2) is 35.2 Å². The second kappa shape index (κ2) is 5.30. The Labute approximate surface area is 115 Å². The average Bonchev–Trinajstić information content (AvgIpc) is 2.37. The van der Waals surface area contributed by atoms with E-state index in [9.17, 15) is 14.4 Å². The summed E-state index contributed by atoms with van der Waals surface area (Å²) in [6, 6.07) is 4.33. The van der Waals surface area contributed by atoms with E-state index in [1.165, 1.54) is 6.07 Å². The number of anilines is 1. The van der Waals surface area contributed by atoms with Gasteiger partial charge in [0.1, 0.15) is 0 Å². The Morgan fingerprint density at radius 3 is 2.75 bits per heavy atom. The molecule has 0 bridgehead atoms. The number of rotatable bonds is 3. The number of imide groups is 1. The topological polar surface area (TPSA) is 119 Å². The molecule has 1 unspecified atom stereocenters. The van der Waals surface area contributed by atoms with Gasteiger partial charge in [-0.25, -0.2) is 0 Å². The SMILES string of the molecule is CC1C(=O)NC(=O)CN1Cc1ccc(C(N)=O)cc1N. The first kappa shape index (κ1) is 14.0. The highest BCUT2D eigenvalue weighted by molar-refractivity contribution is 6.00. The molecular formula is C13H16N4O3. The van der Waals surface area contributed by atoms with Crippen LogP contribution in [0.4, 0.5) is 5.69 Å². The lowest BCUT2D eigenvalue weighted by atomic mass is 10.1. The van der Waals surface area contributed by atoms with Gasteiger partial charge >= 0.3 is 0 Å². The number of amides is 3. The lowest BCUT2D eigenvalue weighted by Crippen LogP contribution is -2.56. The first-order chi connectivity index (χ1) is 9.38. The number of carbonyl (C=O) groups is 3. The van der Waals surface area contributed by atoms with Gasteiger partial charge in [0.2, 0.25) is 17.7 Å². The van der Waals surface area contributed by atoms with Crippen LogP contribution in [0.2, 0.25) is 0 Å². The third kappa shape index (κ3) is 2.77. The van der Waals surface area contributed by atoms with Gasteiger partial charge in [-0.3, -0.25) is 24.6 Å². The number of benzene rings is 1. The molecule has 1 atom stereocenters. The molecule has 0 aromatic heterocycles. The summed E-state index contributed by atoms with van der Waals surface area (Å²) in [5.41, 5.74) is 12.5. The summed E-state index contributed by atoms with van der Waals surface area (Å²) in [7, 11) is 0. The monoisotopic (exact) mass is 276 g/mol. The molecule has 0 spiro atoms. The van der Waals surface area contributed by atoms with Crippen molar-refractivity contribution < 1.29 is 14.4 Å². The molecule has 1 aliphatic heterocycles. The van der Waals surface area contributed by atoms with Crippen LogP contribution >= 0.6 is 0 Å². The van der Waals surface area contributed by atoms with E-state index in [0.717, 1.165) is 5.56 Å². The fraction of sp³-hybridized carbons (Fsp3) is 0.308. The van der Waals surface area contributed by atoms with E-state index in [4.69, 9.17) is 11.5 Å². The Bertz CT molecular complexity index is 585. The zero-order chi connectivity index (χ0) is 14.9. The molecule has 7 nitrogen and oxygen atoms in total. The van der Waals surface area contributed by atoms with Crippen molar-refractivity contribution in [2.45, 2.75) is 19.5 Å². The third-order valence-electron chi connectivity index (χ3n) is 3.34. The van der Waals surface area contributed by atoms with Crippen molar-refractivity contribution in [2.75, 3.05) is 12.3 Å². The molecule has 1 aromatic rings. The van der Waals surface area contributed by atoms with E-state index in [-0.39, 0.29) is 18.4 Å². The van der Waals surface area contributed by atoms with Gasteiger partial charge in [-0.05, 0) is 24.6 Å². The summed E-state index contributed by atoms with van der Waals surface area (Å²) >= 11 is 0. The molecule has 1 heterocycles. The molecule has 1 aromatic carbocycles. The second-order valence-electron chi connectivity index (χ2n) is 4.77. The smallest absolute Gasteiger partial charge is 0.248 e. The first-order valence-electron chi connectivity index (χ1n) is 6.14. The summed E-state index contributed by atoms with van der Waals surface area (Å²) < 4.78 is 0. The molecule has 5 N–H and O–H groups in total. The highest BCUT2D eigenvalue weighted by Gasteiger charge is 2.30. The van der Waals surface area contributed by atoms with Gasteiger partial charge in [-0.2, -0.15) is 0 Å². The highest BCUT2D eigenvalue weighted by Crippen LogP contribution is 2.18. The molecule has 20 heavy (non-hydrogen) atoms. The molecule has 1 aliphatic rings. The molecule has 1 saturated heterocycles. The maximum absolute atomic E-state index is 11.6. The van der Waals surface area contributed by atoms with E-state index < -0.39 is 11.9 Å². The van der Waals surface area contributed by atoms with Crippen LogP contribution in [0.5, 0.6) is 0 Å². The van der Waals surface area contributed by atoms with Crippen molar-refractivity contribution in [1.82, 2.24) is 10.2 Å². The lowest BCUT2D eigenvalue weighted by Gasteiger charge is -2.31. The van der Waals surface area contributed by atoms with Gasteiger partial charge in [0.15, 0.2) is 0 Å². The normalized spacial score (nSPS) is 19.8. The lowest BCUT2D eigenvalue weighted by molar-refractivity contribution is -0.139. The average molecular weight is 276 g/mol. The summed E-state index contributed by atoms with van der Waals surface area (Å²) in [5, 5.41) is 2.27. The first-order valence-corrected chi connectivity index (χ1v) is 6.14. The Kier molecular flexibility index (Phi) is 3.71. The van der Waals surface area contributed by atoms with Crippen LogP contribution in [0.15, 0.2) is 18.2 Å². The minimum atomic E-state index is -0.552. The number of carbonyl (C=O) groups excluding carboxylic acids is 3. The number of nitrogens with two attached hydrogens (primary N) is 2. The predicted octanol–water partition coefficient (Wildman–Crippen LogP) is -0.785. The number of nitrogens with zero attached hydrogens (tertiary/aromatic N) is 1. The maximum atomic E-state index is 11.6. The summed E-state index contributed by atoms with van der Waals surface area (Å²) in [6.45, 7) is 2.20. The van der Waals surface area contributed by atoms with Gasteiger partial charge in [-0.15, -0.1) is 0 Å². The van der Waals surface area contributed by atoms with Gasteiger partial charge in [0, 0.05) is 17.8 Å². The number of hydrogen-bond acceptors (Lipinski definition) is 5. The van der Waals surface area contributed by atoms with Gasteiger partial charge in [-0.1, -0.05) is 6.07 Å². The Hall–Kier alpha value is -2.41. The Balaban J connectivity index is 2.19. The molecule has 0 saturated carbocycles. The predicted molar refractivity (Wildman–Crippen MR) is 72.4 cm³/mol. The number of nitrogen functional groups attached to an aromatic ring is 1. The van der Waals surface area contributed by atoms with E-state index in [1.54, 1.807) is 24.0 Å². The van der Waals surface area contributed by atoms with E-state index in [0.29, 0.717) is 17.8 Å². The summed E-state index contributed by atoms with van der Waals surface area (Å²) in [5.74, 6) is -1.21. The zero-order valence-electron chi connectivity index (χ0n) is 11.1. The van der Waals surface area contributed by atoms with Crippen LogP contribution in [-0.2, 0) is 16.1 Å². The standard InChI is InChI=1S/C13H16N4O3/c1-7-13(20)16-11(18)6-17(7)5-9-3-2-8(12(15)19)4-10(9)14/h2-4,7H,5-6,14H2,1H3,(H2,15,19)(H,16,18,20). The van der Waals surface area contributed by atoms with Crippen molar-refractivity contribution in [3.05, 3.63) is 29.3 Å². The highest BCUT2D eigenvalue weighted by atomic mass is 16.2. The van der Waals surface area contributed by atoms with Crippen molar-refractivity contribution >= 4 is 23.4 Å². The molecule has 0 aliphatic carbocycles. The van der Waals surface area contributed by atoms with E-state index in [1.807, 2.05) is 0 Å². The molecule has 7 heteroatoms. The van der Waals surface area contributed by atoms with Crippen LogP contribution < -0.4 is 16.8 Å². The zero-order valence-corrected chi connectivity index (χ0v) is 11.1. The van der Waals surface area contributed by atoms with E-state index >= 15 is 0 Å². The van der Waals surface area contributed by atoms with Crippen molar-refractivity contribution in [3.8, 4) is 0 Å². The molecule has 2 rings (SSSR count). The number of nitrogens with one attached hydrogen (secondary N) is 1. The number of primary amides is 1. The van der Waals surface area contributed by atoms with Gasteiger partial charge in [0.05, 0.1) is 12.6 Å². The second-order valence-corrected chi connectivity index (χ2v) is 4.77. The largest absolute Gasteiger partial charge is 0.398 e. The minimum absolute atomic E-state index is 0.129. The number of piperazine rings is 1. The fourth-order valence-corrected chi connectivity index (χ4v) is 2.07. The molecule has 3 amide bonds. The van der Waals surface area contributed by atoms with Crippen LogP contribution in [0.1, 0.15) is 22.8 Å². The Morgan fingerprint density at radius 2 is 2.15 bits per heavy atom. The van der Waals surface area contributed by atoms with Crippen molar-refractivity contribution in [1.29, 1.82) is 0 Å². The maximum Gasteiger partial charge on any atom is 0.248 e. The van der Waals surface area contributed by atoms with Crippen LogP contribution in [0.25, 0.3) is 0 Å². The Morgan fingerprint density at radius 1 is 1.45 bits per heavy atom. The minimum Gasteiger partial charge on any atom is -0.398 e. The molecule has 1 fully saturated rings. The third-order valence-corrected chi connectivity index (χ3v) is 3.34. The molecule has 106 valence electrons. The van der Waals surface area contributed by atoms with E-state index in [2.05, 4.69) is 5.32 Å². The van der Waals surface area contributed by atoms with Crippen molar-refractivity contribution in [3.63, 3.8) is 0 Å². The van der Waals surface area contributed by atoms with Gasteiger partial charge < -0.3 is 11.5 Å². The van der Waals surface area contributed by atoms with Gasteiger partial charge in [0.25, 0.3) is 0 Å². The van der Waals surface area contributed by atoms with Crippen LogP contribution in [0, 0.1) is 0 Å². The quantitative estimate of drug-likeness (QED) is 0.494. The molecule has 0 radical (unpaired) electrons. The number of hydrogen-bond donors (Lipinski definition) is 3. The molecular weight excluding hydrogens is 260 g/mol.